The summed E-state index contributed by atoms with van der Waals surface area (Å²) in [5, 5.41) is 0.634. The lowest BCUT2D eigenvalue weighted by Crippen LogP contribution is -3.00. The van der Waals surface area contributed by atoms with Gasteiger partial charge in [0.1, 0.15) is 0 Å². The zero-order valence-electron chi connectivity index (χ0n) is 6.10. The first kappa shape index (κ1) is 10.3. The van der Waals surface area contributed by atoms with Crippen LogP contribution in [0.1, 0.15) is 0 Å². The summed E-state index contributed by atoms with van der Waals surface area (Å²) in [6.45, 7) is 0. The first-order valence-electron chi connectivity index (χ1n) is 3.27. The average Bonchev–Trinajstić information content (AvgIpc) is 2.17. The number of aliphatic imine (C=N–C) groups is 1. The zero-order valence-corrected chi connectivity index (χ0v) is 9.32. The van der Waals surface area contributed by atoms with Crippen LogP contribution in [0.25, 0.3) is 0 Å². The summed E-state index contributed by atoms with van der Waals surface area (Å²) in [5.41, 5.74) is 5.43. The van der Waals surface area contributed by atoms with Crippen LogP contribution in [-0.4, -0.2) is 36.4 Å². The van der Waals surface area contributed by atoms with E-state index in [1.54, 1.807) is 0 Å². The number of thioether (sulfide) groups is 1. The Labute approximate surface area is 85.7 Å². The van der Waals surface area contributed by atoms with Gasteiger partial charge in [-0.3, -0.25) is 4.99 Å². The molecule has 0 bridgehead atoms. The van der Waals surface area contributed by atoms with Gasteiger partial charge in [0, 0.05) is 5.25 Å². The lowest BCUT2D eigenvalue weighted by atomic mass is 10.3. The minimum atomic E-state index is -2.81. The van der Waals surface area contributed by atoms with E-state index in [9.17, 15) is 8.42 Å². The van der Waals surface area contributed by atoms with Crippen molar-refractivity contribution in [3.63, 3.8) is 0 Å². The van der Waals surface area contributed by atoms with E-state index in [1.807, 2.05) is 0 Å². The highest BCUT2D eigenvalue weighted by molar-refractivity contribution is 8.15. The number of hydrogen-bond donors (Lipinski definition) is 1. The maximum atomic E-state index is 11.0. The Morgan fingerprint density at radius 2 is 2.17 bits per heavy atom. The fourth-order valence-electron chi connectivity index (χ4n) is 1.38. The Kier molecular flexibility index (Phi) is 2.75. The average molecular weight is 272 g/mol. The standard InChI is InChI=1S/C5H8N2O2S2.BrH/c6-5-7-3-1-11(8,9)2-4(3)10-5;/h3-4H,1-2H2,(H2,6,7);1H/p-1. The van der Waals surface area contributed by atoms with E-state index in [0.717, 1.165) is 0 Å². The minimum absolute atomic E-state index is 0. The first-order chi connectivity index (χ1) is 5.07. The molecule has 2 rings (SSSR count). The van der Waals surface area contributed by atoms with Crippen LogP contribution < -0.4 is 22.7 Å². The summed E-state index contributed by atoms with van der Waals surface area (Å²) in [6, 6.07) is -0.0648. The molecule has 0 aromatic heterocycles. The number of halogens is 1. The van der Waals surface area contributed by atoms with Crippen molar-refractivity contribution in [2.45, 2.75) is 11.3 Å². The summed E-state index contributed by atoms with van der Waals surface area (Å²) >= 11 is 1.39. The van der Waals surface area contributed by atoms with Gasteiger partial charge in [-0.15, -0.1) is 0 Å². The molecule has 0 aromatic carbocycles. The van der Waals surface area contributed by atoms with Gasteiger partial charge in [0.05, 0.1) is 17.5 Å². The second-order valence-electron chi connectivity index (χ2n) is 2.77. The van der Waals surface area contributed by atoms with Crippen molar-refractivity contribution in [1.29, 1.82) is 0 Å². The van der Waals surface area contributed by atoms with Gasteiger partial charge in [-0.25, -0.2) is 8.42 Å². The smallest absolute Gasteiger partial charge is 0.154 e. The van der Waals surface area contributed by atoms with Crippen LogP contribution in [0.3, 0.4) is 0 Å². The van der Waals surface area contributed by atoms with Crippen LogP contribution in [0.5, 0.6) is 0 Å². The van der Waals surface area contributed by atoms with E-state index in [1.165, 1.54) is 11.8 Å². The second kappa shape index (κ2) is 3.19. The number of nitrogens with zero attached hydrogens (tertiary/aromatic N) is 1. The molecular formula is C5H8BrN2O2S2-. The summed E-state index contributed by atoms with van der Waals surface area (Å²) in [6.07, 6.45) is 0. The lowest BCUT2D eigenvalue weighted by molar-refractivity contribution is -0.00000479. The Balaban J connectivity index is 0.000000720. The molecule has 0 saturated carbocycles. The number of rotatable bonds is 0. The lowest BCUT2D eigenvalue weighted by Gasteiger charge is -1.99. The first-order valence-corrected chi connectivity index (χ1v) is 5.97. The van der Waals surface area contributed by atoms with Crippen molar-refractivity contribution < 1.29 is 25.4 Å². The van der Waals surface area contributed by atoms with E-state index in [-0.39, 0.29) is 39.8 Å². The molecule has 12 heavy (non-hydrogen) atoms. The monoisotopic (exact) mass is 271 g/mol. The Morgan fingerprint density at radius 3 is 2.75 bits per heavy atom. The van der Waals surface area contributed by atoms with Gasteiger partial charge >= 0.3 is 0 Å². The van der Waals surface area contributed by atoms with E-state index >= 15 is 0 Å². The van der Waals surface area contributed by atoms with Gasteiger partial charge in [0.15, 0.2) is 15.0 Å². The Morgan fingerprint density at radius 1 is 1.50 bits per heavy atom. The molecule has 2 aliphatic heterocycles. The third-order valence-corrected chi connectivity index (χ3v) is 4.90. The summed E-state index contributed by atoms with van der Waals surface area (Å²) in [5.74, 6) is 0.428. The van der Waals surface area contributed by atoms with Crippen molar-refractivity contribution in [3.05, 3.63) is 0 Å². The predicted octanol–water partition coefficient (Wildman–Crippen LogP) is -3.78. The van der Waals surface area contributed by atoms with Gasteiger partial charge in [-0.2, -0.15) is 0 Å². The fourth-order valence-corrected chi connectivity index (χ4v) is 4.90. The molecule has 0 spiro atoms. The summed E-state index contributed by atoms with van der Waals surface area (Å²) < 4.78 is 22.1. The molecular weight excluding hydrogens is 264 g/mol. The quantitative estimate of drug-likeness (QED) is 0.491. The third-order valence-electron chi connectivity index (χ3n) is 1.84. The molecule has 1 saturated heterocycles. The van der Waals surface area contributed by atoms with Gasteiger partial charge in [0.2, 0.25) is 0 Å². The van der Waals surface area contributed by atoms with Crippen molar-refractivity contribution >= 4 is 26.8 Å². The van der Waals surface area contributed by atoms with Gasteiger partial charge in [0.25, 0.3) is 0 Å². The molecule has 0 aromatic rings. The maximum Gasteiger partial charge on any atom is 0.154 e. The molecule has 2 unspecified atom stereocenters. The highest BCUT2D eigenvalue weighted by Gasteiger charge is 2.41. The van der Waals surface area contributed by atoms with E-state index in [2.05, 4.69) is 4.99 Å². The van der Waals surface area contributed by atoms with Crippen LogP contribution in [0, 0.1) is 0 Å². The van der Waals surface area contributed by atoms with Crippen LogP contribution in [0.2, 0.25) is 0 Å². The number of sulfone groups is 1. The zero-order chi connectivity index (χ0) is 8.06. The van der Waals surface area contributed by atoms with E-state index < -0.39 is 9.84 Å². The molecule has 2 N–H and O–H groups in total. The van der Waals surface area contributed by atoms with Crippen LogP contribution in [0.4, 0.5) is 0 Å². The maximum absolute atomic E-state index is 11.0. The highest BCUT2D eigenvalue weighted by atomic mass is 79.9. The van der Waals surface area contributed by atoms with Crippen molar-refractivity contribution in [2.75, 3.05) is 11.5 Å². The summed E-state index contributed by atoms with van der Waals surface area (Å²) in [7, 11) is -2.81. The molecule has 2 atom stereocenters. The Bertz CT molecular complexity index is 313. The largest absolute Gasteiger partial charge is 1.00 e. The van der Waals surface area contributed by atoms with Crippen molar-refractivity contribution in [3.8, 4) is 0 Å². The second-order valence-corrected chi connectivity index (χ2v) is 6.18. The van der Waals surface area contributed by atoms with Crippen molar-refractivity contribution in [2.24, 2.45) is 10.7 Å². The number of hydrogen-bond acceptors (Lipinski definition) is 5. The SMILES string of the molecule is NC1=NC2CS(=O)(=O)CC2S1.[Br-]. The fraction of sp³-hybridized carbons (Fsp3) is 0.800. The number of amidine groups is 1. The molecule has 0 radical (unpaired) electrons. The Hall–Kier alpha value is 0.250. The van der Waals surface area contributed by atoms with E-state index in [0.29, 0.717) is 5.17 Å². The third kappa shape index (κ3) is 1.77. The number of fused-ring (bicyclic) bond motifs is 1. The molecule has 0 amide bonds. The van der Waals surface area contributed by atoms with E-state index in [4.69, 9.17) is 5.73 Å². The van der Waals surface area contributed by atoms with Gasteiger partial charge in [-0.05, 0) is 0 Å². The van der Waals surface area contributed by atoms with Crippen LogP contribution in [0.15, 0.2) is 4.99 Å². The molecule has 4 nitrogen and oxygen atoms in total. The van der Waals surface area contributed by atoms with Gasteiger partial charge < -0.3 is 22.7 Å². The van der Waals surface area contributed by atoms with Crippen LogP contribution in [-0.2, 0) is 9.84 Å². The molecule has 2 aliphatic rings. The molecule has 1 fully saturated rings. The molecule has 70 valence electrons. The molecule has 2 heterocycles. The number of nitrogens with two attached hydrogens (primary N) is 1. The highest BCUT2D eigenvalue weighted by Crippen LogP contribution is 2.32. The predicted molar refractivity (Wildman–Crippen MR) is 45.4 cm³/mol. The van der Waals surface area contributed by atoms with Crippen molar-refractivity contribution in [1.82, 2.24) is 0 Å². The van der Waals surface area contributed by atoms with Crippen LogP contribution >= 0.6 is 11.8 Å². The minimum Gasteiger partial charge on any atom is -1.00 e. The van der Waals surface area contributed by atoms with Gasteiger partial charge in [-0.1, -0.05) is 11.8 Å². The molecule has 0 aliphatic carbocycles. The summed E-state index contributed by atoms with van der Waals surface area (Å²) in [4.78, 5) is 4.02. The normalized spacial score (nSPS) is 36.8. The molecule has 7 heteroatoms. The topological polar surface area (TPSA) is 72.5 Å².